The van der Waals surface area contributed by atoms with E-state index in [0.29, 0.717) is 0 Å². The van der Waals surface area contributed by atoms with E-state index in [1.165, 1.54) is 0 Å². The van der Waals surface area contributed by atoms with Crippen LogP contribution in [0, 0.1) is 4.64 Å². The van der Waals surface area contributed by atoms with Crippen molar-refractivity contribution in [3.63, 3.8) is 0 Å². The monoisotopic (exact) mass is 440 g/mol. The van der Waals surface area contributed by atoms with Crippen molar-refractivity contribution in [1.82, 2.24) is 9.55 Å². The van der Waals surface area contributed by atoms with Crippen molar-refractivity contribution in [2.75, 3.05) is 6.61 Å². The van der Waals surface area contributed by atoms with Gasteiger partial charge in [0.25, 0.3) is 0 Å². The van der Waals surface area contributed by atoms with Crippen molar-refractivity contribution in [3.05, 3.63) is 26.3 Å². The summed E-state index contributed by atoms with van der Waals surface area (Å²) in [6, 6.07) is 0. The molecule has 1 aliphatic rings. The number of hydrogen-bond donors (Lipinski definition) is 4. The minimum atomic E-state index is -5.32. The number of aromatic amines is 1. The van der Waals surface area contributed by atoms with Gasteiger partial charge in [-0.1, -0.05) is 23.8 Å². The highest BCUT2D eigenvalue weighted by atomic mass is 35.5. The number of hydrogen-bond acceptors (Lipinski definition) is 7. The minimum Gasteiger partial charge on any atom is -0.320 e. The molecular formula is C9H12ClFN2O9P2S. The summed E-state index contributed by atoms with van der Waals surface area (Å²) in [6.07, 6.45) is -0.317. The first-order valence-electron chi connectivity index (χ1n) is 6.42. The number of phosphoric acid groups is 2. The largest absolute Gasteiger partial charge is 0.481 e. The van der Waals surface area contributed by atoms with Crippen molar-refractivity contribution in [2.45, 2.75) is 24.9 Å². The number of alkyl halides is 1. The second-order valence-electron chi connectivity index (χ2n) is 4.95. The van der Waals surface area contributed by atoms with Gasteiger partial charge in [0.2, 0.25) is 5.85 Å². The van der Waals surface area contributed by atoms with Gasteiger partial charge in [0.05, 0.1) is 5.02 Å². The van der Waals surface area contributed by atoms with Crippen LogP contribution in [0.2, 0.25) is 5.02 Å². The zero-order valence-electron chi connectivity index (χ0n) is 12.1. The lowest BCUT2D eigenvalue weighted by Gasteiger charge is -2.22. The molecule has 2 heterocycles. The maximum Gasteiger partial charge on any atom is 0.481 e. The topological polar surface area (TPSA) is 160 Å². The number of rotatable bonds is 6. The summed E-state index contributed by atoms with van der Waals surface area (Å²) in [5.74, 6) is -2.60. The molecule has 0 aliphatic carbocycles. The molecule has 0 radical (unpaired) electrons. The molecule has 16 heteroatoms. The molecule has 142 valence electrons. The Kier molecular flexibility index (Phi) is 6.07. The van der Waals surface area contributed by atoms with Gasteiger partial charge in [-0.2, -0.15) is 4.31 Å². The van der Waals surface area contributed by atoms with E-state index in [4.69, 9.17) is 43.2 Å². The van der Waals surface area contributed by atoms with Gasteiger partial charge in [0, 0.05) is 12.6 Å². The number of ether oxygens (including phenoxy) is 1. The van der Waals surface area contributed by atoms with E-state index < -0.39 is 40.0 Å². The molecule has 1 unspecified atom stereocenters. The molecule has 1 fully saturated rings. The van der Waals surface area contributed by atoms with E-state index in [2.05, 4.69) is 13.8 Å². The Morgan fingerprint density at radius 2 is 2.16 bits per heavy atom. The quantitative estimate of drug-likeness (QED) is 0.379. The van der Waals surface area contributed by atoms with E-state index in [0.717, 1.165) is 10.8 Å². The van der Waals surface area contributed by atoms with Crippen molar-refractivity contribution < 1.29 is 41.8 Å². The van der Waals surface area contributed by atoms with E-state index in [1.54, 1.807) is 0 Å². The van der Waals surface area contributed by atoms with E-state index in [-0.39, 0.29) is 22.5 Å². The summed E-state index contributed by atoms with van der Waals surface area (Å²) in [5.41, 5.74) is -0.706. The molecule has 0 spiro atoms. The molecular weight excluding hydrogens is 429 g/mol. The second kappa shape index (κ2) is 7.28. The molecule has 0 amide bonds. The Morgan fingerprint density at radius 1 is 1.52 bits per heavy atom. The molecule has 1 saturated heterocycles. The molecule has 0 aromatic carbocycles. The third kappa shape index (κ3) is 5.76. The highest BCUT2D eigenvalue weighted by Gasteiger charge is 2.45. The number of aromatic nitrogens is 2. The van der Waals surface area contributed by atoms with Gasteiger partial charge in [0.15, 0.2) is 0 Å². The number of H-pyrrole nitrogens is 1. The van der Waals surface area contributed by atoms with Gasteiger partial charge >= 0.3 is 21.3 Å². The highest BCUT2D eigenvalue weighted by molar-refractivity contribution is 7.71. The number of nitrogens with one attached hydrogen (secondary N) is 1. The van der Waals surface area contributed by atoms with Gasteiger partial charge < -0.3 is 19.4 Å². The lowest BCUT2D eigenvalue weighted by atomic mass is 10.2. The first-order valence-corrected chi connectivity index (χ1v) is 10.2. The molecule has 0 saturated carbocycles. The van der Waals surface area contributed by atoms with Crippen molar-refractivity contribution in [3.8, 4) is 0 Å². The summed E-state index contributed by atoms with van der Waals surface area (Å²) >= 11 is 10.6. The molecule has 4 N–H and O–H groups in total. The van der Waals surface area contributed by atoms with E-state index in [9.17, 15) is 18.3 Å². The fraction of sp³-hybridized carbons (Fsp3) is 0.556. The van der Waals surface area contributed by atoms with Crippen LogP contribution in [0.3, 0.4) is 0 Å². The lowest BCUT2D eigenvalue weighted by Crippen LogP contribution is -2.32. The Hall–Kier alpha value is -0.460. The van der Waals surface area contributed by atoms with Crippen molar-refractivity contribution in [1.29, 1.82) is 0 Å². The SMILES string of the molecule is O=c1[nH]c(=S)c(Cl)cn1[C@H]1CC[C@@](F)(COP(=O)(O)OP(=O)(O)O)O1. The molecule has 3 atom stereocenters. The third-order valence-corrected chi connectivity index (χ3v) is 5.85. The van der Waals surface area contributed by atoms with E-state index in [1.807, 2.05) is 0 Å². The number of nitrogens with zero attached hydrogens (tertiary/aromatic N) is 1. The Labute approximate surface area is 149 Å². The first-order chi connectivity index (χ1) is 11.3. The summed E-state index contributed by atoms with van der Waals surface area (Å²) in [6.45, 7) is -1.16. The zero-order valence-corrected chi connectivity index (χ0v) is 15.4. The van der Waals surface area contributed by atoms with Gasteiger partial charge in [-0.3, -0.25) is 14.1 Å². The molecule has 1 aromatic rings. The van der Waals surface area contributed by atoms with Crippen LogP contribution < -0.4 is 5.69 Å². The van der Waals surface area contributed by atoms with Crippen LogP contribution >= 0.6 is 39.5 Å². The van der Waals surface area contributed by atoms with Crippen LogP contribution in [0.25, 0.3) is 0 Å². The smallest absolute Gasteiger partial charge is 0.320 e. The highest BCUT2D eigenvalue weighted by Crippen LogP contribution is 2.58. The fourth-order valence-corrected chi connectivity index (χ4v) is 3.93. The molecule has 1 aliphatic heterocycles. The standard InChI is InChI=1S/C9H12ClFN2O9P2S/c10-5-3-13(8(14)12-7(5)25)6-1-2-9(11,21-6)4-20-24(18,19)22-23(15,16)17/h3,6H,1-2,4H2,(H,18,19)(H,12,14,25)(H2,15,16,17)/t6-,9+/m1/s1. The average molecular weight is 441 g/mol. The van der Waals surface area contributed by atoms with E-state index >= 15 is 0 Å². The van der Waals surface area contributed by atoms with Crippen molar-refractivity contribution >= 4 is 39.5 Å². The summed E-state index contributed by atoms with van der Waals surface area (Å²) < 4.78 is 50.1. The van der Waals surface area contributed by atoms with Crippen LogP contribution in [0.5, 0.6) is 0 Å². The minimum absolute atomic E-state index is 0.00781. The molecule has 0 bridgehead atoms. The molecule has 25 heavy (non-hydrogen) atoms. The Morgan fingerprint density at radius 3 is 2.76 bits per heavy atom. The summed E-state index contributed by atoms with van der Waals surface area (Å²) in [5, 5.41) is 0.0284. The normalized spacial score (nSPS) is 26.5. The van der Waals surface area contributed by atoms with Gasteiger partial charge in [-0.15, -0.1) is 0 Å². The van der Waals surface area contributed by atoms with Crippen molar-refractivity contribution in [2.24, 2.45) is 0 Å². The molecule has 2 rings (SSSR count). The summed E-state index contributed by atoms with van der Waals surface area (Å²) in [4.78, 5) is 40.1. The number of halogens is 2. The first kappa shape index (κ1) is 20.8. The van der Waals surface area contributed by atoms with Crippen LogP contribution in [-0.2, 0) is 22.7 Å². The van der Waals surface area contributed by atoms with Crippen LogP contribution in [0.1, 0.15) is 19.1 Å². The summed E-state index contributed by atoms with van der Waals surface area (Å²) in [7, 11) is -10.5. The third-order valence-electron chi connectivity index (χ3n) is 3.00. The van der Waals surface area contributed by atoms with Gasteiger partial charge in [-0.05, 0) is 6.42 Å². The molecule has 1 aromatic heterocycles. The lowest BCUT2D eigenvalue weighted by molar-refractivity contribution is -0.175. The van der Waals surface area contributed by atoms with Crippen LogP contribution in [0.4, 0.5) is 4.39 Å². The van der Waals surface area contributed by atoms with Gasteiger partial charge in [0.1, 0.15) is 17.5 Å². The Bertz CT molecular complexity index is 871. The fourth-order valence-electron chi connectivity index (χ4n) is 2.01. The predicted octanol–water partition coefficient (Wildman–Crippen LogP) is 1.76. The average Bonchev–Trinajstić information content (AvgIpc) is 2.81. The second-order valence-corrected chi connectivity index (χ2v) is 8.60. The zero-order chi connectivity index (χ0) is 19.0. The maximum atomic E-state index is 14.5. The van der Waals surface area contributed by atoms with Crippen LogP contribution in [-0.4, -0.2) is 36.7 Å². The predicted molar refractivity (Wildman–Crippen MR) is 83.0 cm³/mol. The van der Waals surface area contributed by atoms with Crippen LogP contribution in [0.15, 0.2) is 11.0 Å². The number of phosphoric ester groups is 1. The Balaban J connectivity index is 2.07. The van der Waals surface area contributed by atoms with Gasteiger partial charge in [-0.25, -0.2) is 18.3 Å². The molecule has 11 nitrogen and oxygen atoms in total. The maximum absolute atomic E-state index is 14.5.